The Bertz CT molecular complexity index is 292. The van der Waals surface area contributed by atoms with Gasteiger partial charge in [-0.05, 0) is 25.8 Å². The Morgan fingerprint density at radius 3 is 3.00 bits per heavy atom. The second-order valence-corrected chi connectivity index (χ2v) is 7.38. The second-order valence-electron chi connectivity index (χ2n) is 5.58. The zero-order chi connectivity index (χ0) is 13.0. The zero-order valence-electron chi connectivity index (χ0n) is 11.4. The fourth-order valence-corrected chi connectivity index (χ4v) is 3.17. The van der Waals surface area contributed by atoms with Crippen LogP contribution in [0, 0.1) is 0 Å². The maximum Gasteiger partial charge on any atom is 0.0951 e. The molecule has 2 aliphatic heterocycles. The summed E-state index contributed by atoms with van der Waals surface area (Å²) in [5, 5.41) is 3.87. The fraction of sp³-hybridized carbons (Fsp3) is 1.00. The highest BCUT2D eigenvalue weighted by Crippen LogP contribution is 2.32. The van der Waals surface area contributed by atoms with Crippen LogP contribution >= 0.6 is 0 Å². The first-order chi connectivity index (χ1) is 8.61. The van der Waals surface area contributed by atoms with Gasteiger partial charge in [0.1, 0.15) is 0 Å². The van der Waals surface area contributed by atoms with E-state index in [0.717, 1.165) is 52.0 Å². The molecule has 5 heteroatoms. The molecule has 4 atom stereocenters. The molecule has 2 rings (SSSR count). The summed E-state index contributed by atoms with van der Waals surface area (Å²) in [6.07, 6.45) is 5.91. The smallest absolute Gasteiger partial charge is 0.0951 e. The number of hydrogen-bond donors (Lipinski definition) is 1. The van der Waals surface area contributed by atoms with Crippen molar-refractivity contribution < 1.29 is 13.7 Å². The first-order valence-electron chi connectivity index (χ1n) is 6.89. The Labute approximate surface area is 112 Å². The van der Waals surface area contributed by atoms with Gasteiger partial charge in [-0.2, -0.15) is 0 Å². The fourth-order valence-electron chi connectivity index (χ4n) is 2.72. The SMILES string of the molecule is CC(CCNC1CCOC2(CCOC2)C1)S(C)=O. The molecule has 0 aromatic carbocycles. The molecular formula is C13H25NO3S. The van der Waals surface area contributed by atoms with Gasteiger partial charge in [0.25, 0.3) is 0 Å². The Hall–Kier alpha value is 0.0300. The predicted molar refractivity (Wildman–Crippen MR) is 73.3 cm³/mol. The summed E-state index contributed by atoms with van der Waals surface area (Å²) in [5.74, 6) is 0. The number of rotatable bonds is 5. The van der Waals surface area contributed by atoms with E-state index in [-0.39, 0.29) is 10.9 Å². The summed E-state index contributed by atoms with van der Waals surface area (Å²) in [4.78, 5) is 0. The van der Waals surface area contributed by atoms with E-state index in [9.17, 15) is 4.21 Å². The molecule has 0 radical (unpaired) electrons. The number of nitrogens with one attached hydrogen (secondary N) is 1. The largest absolute Gasteiger partial charge is 0.378 e. The van der Waals surface area contributed by atoms with Crippen LogP contribution in [0.5, 0.6) is 0 Å². The van der Waals surface area contributed by atoms with Crippen molar-refractivity contribution >= 4 is 10.8 Å². The van der Waals surface area contributed by atoms with Gasteiger partial charge < -0.3 is 14.8 Å². The Morgan fingerprint density at radius 2 is 2.33 bits per heavy atom. The predicted octanol–water partition coefficient (Wildman–Crippen LogP) is 1.07. The highest BCUT2D eigenvalue weighted by atomic mass is 32.2. The van der Waals surface area contributed by atoms with Crippen molar-refractivity contribution in [2.45, 2.75) is 49.5 Å². The highest BCUT2D eigenvalue weighted by Gasteiger charge is 2.40. The van der Waals surface area contributed by atoms with Crippen LogP contribution in [0.3, 0.4) is 0 Å². The third-order valence-electron chi connectivity index (χ3n) is 4.11. The van der Waals surface area contributed by atoms with E-state index in [4.69, 9.17) is 9.47 Å². The van der Waals surface area contributed by atoms with Gasteiger partial charge in [0.05, 0.1) is 12.2 Å². The number of ether oxygens (including phenoxy) is 2. The lowest BCUT2D eigenvalue weighted by atomic mass is 9.89. The molecule has 0 saturated carbocycles. The Morgan fingerprint density at radius 1 is 1.50 bits per heavy atom. The van der Waals surface area contributed by atoms with Gasteiger partial charge in [-0.25, -0.2) is 0 Å². The molecule has 4 nitrogen and oxygen atoms in total. The molecule has 2 fully saturated rings. The second kappa shape index (κ2) is 6.46. The maximum atomic E-state index is 11.3. The monoisotopic (exact) mass is 275 g/mol. The summed E-state index contributed by atoms with van der Waals surface area (Å²) >= 11 is 0. The van der Waals surface area contributed by atoms with Crippen molar-refractivity contribution in [2.75, 3.05) is 32.6 Å². The van der Waals surface area contributed by atoms with Crippen LogP contribution in [-0.4, -0.2) is 53.7 Å². The first kappa shape index (κ1) is 14.4. The minimum atomic E-state index is -0.710. The molecule has 0 aliphatic carbocycles. The lowest BCUT2D eigenvalue weighted by Gasteiger charge is -2.37. The highest BCUT2D eigenvalue weighted by molar-refractivity contribution is 7.84. The van der Waals surface area contributed by atoms with E-state index in [1.54, 1.807) is 6.26 Å². The topological polar surface area (TPSA) is 47.6 Å². The van der Waals surface area contributed by atoms with Crippen molar-refractivity contribution in [2.24, 2.45) is 0 Å². The maximum absolute atomic E-state index is 11.3. The molecular weight excluding hydrogens is 250 g/mol. The van der Waals surface area contributed by atoms with Gasteiger partial charge in [0.15, 0.2) is 0 Å². The van der Waals surface area contributed by atoms with Crippen molar-refractivity contribution in [3.8, 4) is 0 Å². The Kier molecular flexibility index (Phi) is 5.18. The van der Waals surface area contributed by atoms with Crippen LogP contribution < -0.4 is 5.32 Å². The van der Waals surface area contributed by atoms with E-state index < -0.39 is 10.8 Å². The average Bonchev–Trinajstić information content (AvgIpc) is 2.77. The van der Waals surface area contributed by atoms with E-state index in [1.807, 2.05) is 6.92 Å². The third-order valence-corrected chi connectivity index (χ3v) is 5.48. The van der Waals surface area contributed by atoms with Crippen molar-refractivity contribution in [1.82, 2.24) is 5.32 Å². The molecule has 106 valence electrons. The third kappa shape index (κ3) is 3.76. The molecule has 2 saturated heterocycles. The normalized spacial score (nSPS) is 35.8. The first-order valence-corrected chi connectivity index (χ1v) is 8.51. The molecule has 2 aliphatic rings. The standard InChI is InChI=1S/C13H25NO3S/c1-11(18(2)15)3-6-14-12-4-7-17-13(9-12)5-8-16-10-13/h11-12,14H,3-10H2,1-2H3. The van der Waals surface area contributed by atoms with Crippen molar-refractivity contribution in [3.63, 3.8) is 0 Å². The zero-order valence-corrected chi connectivity index (χ0v) is 12.3. The van der Waals surface area contributed by atoms with Gasteiger partial charge >= 0.3 is 0 Å². The van der Waals surface area contributed by atoms with Crippen LogP contribution in [0.1, 0.15) is 32.6 Å². The van der Waals surface area contributed by atoms with Crippen LogP contribution in [0.2, 0.25) is 0 Å². The van der Waals surface area contributed by atoms with Crippen LogP contribution in [0.15, 0.2) is 0 Å². The van der Waals surface area contributed by atoms with Gasteiger partial charge in [0.2, 0.25) is 0 Å². The molecule has 0 aromatic heterocycles. The average molecular weight is 275 g/mol. The lowest BCUT2D eigenvalue weighted by molar-refractivity contribution is -0.0892. The summed E-state index contributed by atoms with van der Waals surface area (Å²) in [7, 11) is -0.710. The van der Waals surface area contributed by atoms with E-state index in [1.165, 1.54) is 0 Å². The summed E-state index contributed by atoms with van der Waals surface area (Å²) < 4.78 is 22.7. The molecule has 0 amide bonds. The molecule has 0 bridgehead atoms. The van der Waals surface area contributed by atoms with Crippen LogP contribution in [0.4, 0.5) is 0 Å². The van der Waals surface area contributed by atoms with Gasteiger partial charge in [0, 0.05) is 48.0 Å². The van der Waals surface area contributed by atoms with E-state index in [0.29, 0.717) is 6.04 Å². The Balaban J connectivity index is 1.71. The summed E-state index contributed by atoms with van der Waals surface area (Å²) in [6, 6.07) is 0.526. The minimum Gasteiger partial charge on any atom is -0.378 e. The lowest BCUT2D eigenvalue weighted by Crippen LogP contribution is -2.47. The number of hydrogen-bond acceptors (Lipinski definition) is 4. The molecule has 18 heavy (non-hydrogen) atoms. The molecule has 1 spiro atoms. The summed E-state index contributed by atoms with van der Waals surface area (Å²) in [6.45, 7) is 5.41. The molecule has 2 heterocycles. The molecule has 4 unspecified atom stereocenters. The quantitative estimate of drug-likeness (QED) is 0.815. The van der Waals surface area contributed by atoms with Gasteiger partial charge in [-0.3, -0.25) is 4.21 Å². The van der Waals surface area contributed by atoms with Gasteiger partial charge in [-0.1, -0.05) is 6.92 Å². The molecule has 0 aromatic rings. The van der Waals surface area contributed by atoms with E-state index in [2.05, 4.69) is 5.32 Å². The minimum absolute atomic E-state index is 0.0187. The van der Waals surface area contributed by atoms with Crippen molar-refractivity contribution in [1.29, 1.82) is 0 Å². The van der Waals surface area contributed by atoms with Crippen LogP contribution in [0.25, 0.3) is 0 Å². The van der Waals surface area contributed by atoms with Crippen molar-refractivity contribution in [3.05, 3.63) is 0 Å². The molecule has 1 N–H and O–H groups in total. The van der Waals surface area contributed by atoms with Gasteiger partial charge in [-0.15, -0.1) is 0 Å². The van der Waals surface area contributed by atoms with E-state index >= 15 is 0 Å². The summed E-state index contributed by atoms with van der Waals surface area (Å²) in [5.41, 5.74) is -0.0187. The van der Waals surface area contributed by atoms with Crippen LogP contribution in [-0.2, 0) is 20.3 Å².